The minimum atomic E-state index is -0.359. The molecule has 6 nitrogen and oxygen atoms in total. The number of carbonyl (C=O) groups is 2. The lowest BCUT2D eigenvalue weighted by atomic mass is 10.1. The second-order valence-corrected chi connectivity index (χ2v) is 6.13. The van der Waals surface area contributed by atoms with Gasteiger partial charge in [-0.25, -0.2) is 9.97 Å². The monoisotopic (exact) mass is 324 g/mol. The summed E-state index contributed by atoms with van der Waals surface area (Å²) in [5.74, 6) is -0.109. The predicted molar refractivity (Wildman–Crippen MR) is 92.5 cm³/mol. The molecule has 1 atom stereocenters. The van der Waals surface area contributed by atoms with Gasteiger partial charge in [0.15, 0.2) is 5.65 Å². The molecular weight excluding hydrogens is 304 g/mol. The minimum Gasteiger partial charge on any atom is -0.338 e. The first-order valence-electron chi connectivity index (χ1n) is 7.92. The van der Waals surface area contributed by atoms with Gasteiger partial charge in [0.1, 0.15) is 5.82 Å². The highest BCUT2D eigenvalue weighted by Crippen LogP contribution is 2.21. The number of aryl methyl sites for hydroxylation is 2. The Balaban J connectivity index is 1.76. The molecule has 1 saturated heterocycles. The first kappa shape index (κ1) is 16.1. The van der Waals surface area contributed by atoms with E-state index in [1.807, 2.05) is 26.0 Å². The molecule has 6 heteroatoms. The van der Waals surface area contributed by atoms with E-state index in [4.69, 9.17) is 0 Å². The topological polar surface area (TPSA) is 75.2 Å². The molecular formula is C18H20N4O2. The van der Waals surface area contributed by atoms with Crippen LogP contribution >= 0.6 is 0 Å². The number of hydrogen-bond acceptors (Lipinski definition) is 4. The number of rotatable bonds is 4. The van der Waals surface area contributed by atoms with Crippen LogP contribution in [-0.4, -0.2) is 39.8 Å². The van der Waals surface area contributed by atoms with Crippen LogP contribution in [-0.2, 0) is 9.59 Å². The lowest BCUT2D eigenvalue weighted by Crippen LogP contribution is -2.28. The average Bonchev–Trinajstić information content (AvgIpc) is 2.88. The summed E-state index contributed by atoms with van der Waals surface area (Å²) in [4.78, 5) is 34.7. The van der Waals surface area contributed by atoms with Crippen LogP contribution in [0.25, 0.3) is 11.0 Å². The minimum absolute atomic E-state index is 0.0190. The molecule has 0 saturated carbocycles. The summed E-state index contributed by atoms with van der Waals surface area (Å²) < 4.78 is 0. The van der Waals surface area contributed by atoms with Crippen molar-refractivity contribution in [2.75, 3.05) is 18.4 Å². The molecule has 1 aliphatic heterocycles. The predicted octanol–water partition coefficient (Wildman–Crippen LogP) is 2.22. The number of aromatic nitrogens is 2. The molecule has 0 radical (unpaired) electrons. The molecule has 0 spiro atoms. The molecule has 0 aromatic carbocycles. The molecule has 2 aromatic rings. The average molecular weight is 324 g/mol. The number of amides is 2. The zero-order chi connectivity index (χ0) is 17.3. The molecule has 24 heavy (non-hydrogen) atoms. The second kappa shape index (κ2) is 6.39. The van der Waals surface area contributed by atoms with Gasteiger partial charge in [0.2, 0.25) is 11.8 Å². The van der Waals surface area contributed by atoms with Gasteiger partial charge in [-0.3, -0.25) is 9.59 Å². The Kier molecular flexibility index (Phi) is 4.29. The Labute approximate surface area is 140 Å². The van der Waals surface area contributed by atoms with Crippen LogP contribution in [0, 0.1) is 19.8 Å². The van der Waals surface area contributed by atoms with Gasteiger partial charge < -0.3 is 10.2 Å². The number of carbonyl (C=O) groups excluding carboxylic acids is 2. The van der Waals surface area contributed by atoms with Crippen LogP contribution in [0.3, 0.4) is 0 Å². The van der Waals surface area contributed by atoms with Crippen LogP contribution in [0.2, 0.25) is 0 Å². The largest absolute Gasteiger partial charge is 0.338 e. The number of nitrogens with one attached hydrogen (secondary N) is 1. The van der Waals surface area contributed by atoms with Gasteiger partial charge in [-0.2, -0.15) is 0 Å². The van der Waals surface area contributed by atoms with E-state index in [0.717, 1.165) is 16.6 Å². The highest BCUT2D eigenvalue weighted by Gasteiger charge is 2.33. The quantitative estimate of drug-likeness (QED) is 0.875. The molecule has 3 heterocycles. The van der Waals surface area contributed by atoms with Crippen LogP contribution < -0.4 is 5.32 Å². The number of pyridine rings is 2. The molecule has 0 bridgehead atoms. The molecule has 2 amide bonds. The fraction of sp³-hybridized carbons (Fsp3) is 0.333. The Morgan fingerprint density at radius 1 is 1.42 bits per heavy atom. The summed E-state index contributed by atoms with van der Waals surface area (Å²) in [6, 6.07) is 5.67. The van der Waals surface area contributed by atoms with Gasteiger partial charge in [-0.05, 0) is 37.6 Å². The van der Waals surface area contributed by atoms with E-state index in [-0.39, 0.29) is 24.2 Å². The zero-order valence-electron chi connectivity index (χ0n) is 13.9. The van der Waals surface area contributed by atoms with E-state index in [1.54, 1.807) is 17.0 Å². The van der Waals surface area contributed by atoms with E-state index in [9.17, 15) is 9.59 Å². The van der Waals surface area contributed by atoms with Gasteiger partial charge >= 0.3 is 0 Å². The highest BCUT2D eigenvalue weighted by molar-refractivity contribution is 5.97. The van der Waals surface area contributed by atoms with Gasteiger partial charge in [-0.15, -0.1) is 6.58 Å². The molecule has 124 valence electrons. The van der Waals surface area contributed by atoms with Gasteiger partial charge in [-0.1, -0.05) is 6.08 Å². The zero-order valence-corrected chi connectivity index (χ0v) is 13.9. The third-order valence-corrected chi connectivity index (χ3v) is 4.19. The lowest BCUT2D eigenvalue weighted by molar-refractivity contribution is -0.127. The fourth-order valence-corrected chi connectivity index (χ4v) is 3.01. The number of fused-ring (bicyclic) bond motifs is 1. The van der Waals surface area contributed by atoms with E-state index >= 15 is 0 Å². The summed E-state index contributed by atoms with van der Waals surface area (Å²) in [7, 11) is 0. The molecule has 1 fully saturated rings. The van der Waals surface area contributed by atoms with Crippen molar-refractivity contribution in [1.82, 2.24) is 14.9 Å². The smallest absolute Gasteiger partial charge is 0.230 e. The number of nitrogens with zero attached hydrogens (tertiary/aromatic N) is 3. The summed E-state index contributed by atoms with van der Waals surface area (Å²) >= 11 is 0. The van der Waals surface area contributed by atoms with E-state index in [0.29, 0.717) is 24.6 Å². The van der Waals surface area contributed by atoms with E-state index < -0.39 is 0 Å². The van der Waals surface area contributed by atoms with Crippen LogP contribution in [0.15, 0.2) is 30.9 Å². The SMILES string of the molecule is C=CCN1C[C@H](C(=O)Nc2ccc3c(C)cc(C)nc3n2)CC1=O. The molecule has 2 aromatic heterocycles. The standard InChI is InChI=1S/C18H20N4O2/c1-4-7-22-10-13(9-16(22)23)18(24)21-15-6-5-14-11(2)8-12(3)19-17(14)20-15/h4-6,8,13H,1,7,9-10H2,2-3H3,(H,19,20,21,24)/t13-/m1/s1. The van der Waals surface area contributed by atoms with E-state index in [2.05, 4.69) is 21.9 Å². The normalized spacial score (nSPS) is 17.3. The maximum atomic E-state index is 12.4. The van der Waals surface area contributed by atoms with Crippen molar-refractivity contribution >= 4 is 28.7 Å². The Morgan fingerprint density at radius 3 is 2.96 bits per heavy atom. The van der Waals surface area contributed by atoms with Crippen molar-refractivity contribution in [2.24, 2.45) is 5.92 Å². The summed E-state index contributed by atoms with van der Waals surface area (Å²) in [6.45, 7) is 8.44. The molecule has 3 rings (SSSR count). The third kappa shape index (κ3) is 3.13. The van der Waals surface area contributed by atoms with E-state index in [1.165, 1.54) is 0 Å². The maximum Gasteiger partial charge on any atom is 0.230 e. The van der Waals surface area contributed by atoms with Gasteiger partial charge in [0.25, 0.3) is 0 Å². The molecule has 0 unspecified atom stereocenters. The van der Waals surface area contributed by atoms with Gasteiger partial charge in [0, 0.05) is 30.6 Å². The Hall–Kier alpha value is -2.76. The van der Waals surface area contributed by atoms with Crippen molar-refractivity contribution in [3.63, 3.8) is 0 Å². The summed E-state index contributed by atoms with van der Waals surface area (Å²) in [5.41, 5.74) is 2.60. The van der Waals surface area contributed by atoms with Gasteiger partial charge in [0.05, 0.1) is 5.92 Å². The fourth-order valence-electron chi connectivity index (χ4n) is 3.01. The van der Waals surface area contributed by atoms with Crippen molar-refractivity contribution in [2.45, 2.75) is 20.3 Å². The lowest BCUT2D eigenvalue weighted by Gasteiger charge is -2.14. The number of anilines is 1. The first-order chi connectivity index (χ1) is 11.5. The summed E-state index contributed by atoms with van der Waals surface area (Å²) in [5, 5.41) is 3.77. The molecule has 0 aliphatic carbocycles. The van der Waals surface area contributed by atoms with Crippen LogP contribution in [0.1, 0.15) is 17.7 Å². The highest BCUT2D eigenvalue weighted by atomic mass is 16.2. The number of likely N-dealkylation sites (tertiary alicyclic amines) is 1. The molecule has 1 aliphatic rings. The maximum absolute atomic E-state index is 12.4. The van der Waals surface area contributed by atoms with Crippen LogP contribution in [0.4, 0.5) is 5.82 Å². The second-order valence-electron chi connectivity index (χ2n) is 6.13. The van der Waals surface area contributed by atoms with Crippen LogP contribution in [0.5, 0.6) is 0 Å². The number of hydrogen-bond donors (Lipinski definition) is 1. The Bertz CT molecular complexity index is 831. The van der Waals surface area contributed by atoms with Crippen molar-refractivity contribution < 1.29 is 9.59 Å². The third-order valence-electron chi connectivity index (χ3n) is 4.19. The summed E-state index contributed by atoms with van der Waals surface area (Å²) in [6.07, 6.45) is 1.89. The van der Waals surface area contributed by atoms with Crippen molar-refractivity contribution in [3.05, 3.63) is 42.1 Å². The first-order valence-corrected chi connectivity index (χ1v) is 7.92. The van der Waals surface area contributed by atoms with Crippen molar-refractivity contribution in [1.29, 1.82) is 0 Å². The van der Waals surface area contributed by atoms with Crippen molar-refractivity contribution in [3.8, 4) is 0 Å². The Morgan fingerprint density at radius 2 is 2.21 bits per heavy atom. The molecule has 1 N–H and O–H groups in total.